The lowest BCUT2D eigenvalue weighted by Crippen LogP contribution is -2.40. The molecule has 0 heterocycles. The second kappa shape index (κ2) is 6.03. The summed E-state index contributed by atoms with van der Waals surface area (Å²) in [5.74, 6) is 1.68. The van der Waals surface area contributed by atoms with E-state index in [1.54, 1.807) is 7.11 Å². The normalized spacial score (nSPS) is 23.2. The first kappa shape index (κ1) is 12.4. The zero-order valence-corrected chi connectivity index (χ0v) is 10.5. The molecule has 1 saturated carbocycles. The molecule has 0 aliphatic heterocycles. The van der Waals surface area contributed by atoms with Gasteiger partial charge >= 0.3 is 0 Å². The van der Waals surface area contributed by atoms with E-state index in [2.05, 4.69) is 17.4 Å². The molecule has 0 bridgehead atoms. The molecular formula is C14H22N2O. The van der Waals surface area contributed by atoms with Crippen LogP contribution in [0.25, 0.3) is 0 Å². The van der Waals surface area contributed by atoms with Crippen LogP contribution in [0.15, 0.2) is 24.3 Å². The maximum atomic E-state index is 5.47. The van der Waals surface area contributed by atoms with Crippen LogP contribution in [0.3, 0.4) is 0 Å². The molecule has 1 aromatic carbocycles. The Labute approximate surface area is 103 Å². The Morgan fingerprint density at radius 3 is 2.82 bits per heavy atom. The lowest BCUT2D eigenvalue weighted by molar-refractivity contribution is 0.283. The van der Waals surface area contributed by atoms with Gasteiger partial charge in [-0.3, -0.25) is 0 Å². The number of hydrogen-bond donors (Lipinski definition) is 2. The summed E-state index contributed by atoms with van der Waals surface area (Å²) >= 11 is 0. The molecule has 0 unspecified atom stereocenters. The zero-order valence-electron chi connectivity index (χ0n) is 10.5. The summed E-state index contributed by atoms with van der Waals surface area (Å²) in [4.78, 5) is 0. The SMILES string of the molecule is COc1ccccc1C1CC(NCCCN)C1. The molecule has 17 heavy (non-hydrogen) atoms. The first-order valence-corrected chi connectivity index (χ1v) is 6.41. The third-order valence-corrected chi connectivity index (χ3v) is 3.53. The highest BCUT2D eigenvalue weighted by molar-refractivity contribution is 5.37. The zero-order chi connectivity index (χ0) is 12.1. The Bertz CT molecular complexity index is 348. The molecule has 1 fully saturated rings. The average molecular weight is 234 g/mol. The van der Waals surface area contributed by atoms with Crippen molar-refractivity contribution in [3.05, 3.63) is 29.8 Å². The van der Waals surface area contributed by atoms with Gasteiger partial charge in [0.1, 0.15) is 5.75 Å². The van der Waals surface area contributed by atoms with Crippen LogP contribution < -0.4 is 15.8 Å². The van der Waals surface area contributed by atoms with Crippen LogP contribution in [-0.2, 0) is 0 Å². The Kier molecular flexibility index (Phi) is 4.40. The number of benzene rings is 1. The number of nitrogens with one attached hydrogen (secondary N) is 1. The predicted octanol–water partition coefficient (Wildman–Crippen LogP) is 1.88. The van der Waals surface area contributed by atoms with Crippen molar-refractivity contribution < 1.29 is 4.74 Å². The van der Waals surface area contributed by atoms with Crippen molar-refractivity contribution in [1.82, 2.24) is 5.32 Å². The largest absolute Gasteiger partial charge is 0.496 e. The van der Waals surface area contributed by atoms with Crippen molar-refractivity contribution in [3.8, 4) is 5.75 Å². The molecule has 0 spiro atoms. The van der Waals surface area contributed by atoms with Crippen molar-refractivity contribution in [2.75, 3.05) is 20.2 Å². The van der Waals surface area contributed by atoms with Gasteiger partial charge in [0, 0.05) is 6.04 Å². The first-order valence-electron chi connectivity index (χ1n) is 6.41. The van der Waals surface area contributed by atoms with Gasteiger partial charge in [-0.1, -0.05) is 18.2 Å². The van der Waals surface area contributed by atoms with Crippen LogP contribution in [0.2, 0.25) is 0 Å². The molecule has 1 aliphatic rings. The predicted molar refractivity (Wildman–Crippen MR) is 70.4 cm³/mol. The van der Waals surface area contributed by atoms with Gasteiger partial charge in [0.25, 0.3) is 0 Å². The molecular weight excluding hydrogens is 212 g/mol. The van der Waals surface area contributed by atoms with Gasteiger partial charge < -0.3 is 15.8 Å². The number of rotatable bonds is 6. The number of methoxy groups -OCH3 is 1. The summed E-state index contributed by atoms with van der Waals surface area (Å²) in [7, 11) is 1.74. The van der Waals surface area contributed by atoms with Crippen LogP contribution in [0.4, 0.5) is 0 Å². The minimum Gasteiger partial charge on any atom is -0.496 e. The fourth-order valence-corrected chi connectivity index (χ4v) is 2.45. The summed E-state index contributed by atoms with van der Waals surface area (Å²) in [5, 5.41) is 3.54. The fourth-order valence-electron chi connectivity index (χ4n) is 2.45. The number of para-hydroxylation sites is 1. The van der Waals surface area contributed by atoms with Gasteiger partial charge in [0.15, 0.2) is 0 Å². The number of nitrogens with two attached hydrogens (primary N) is 1. The van der Waals surface area contributed by atoms with Crippen LogP contribution >= 0.6 is 0 Å². The van der Waals surface area contributed by atoms with Crippen molar-refractivity contribution in [1.29, 1.82) is 0 Å². The van der Waals surface area contributed by atoms with Crippen molar-refractivity contribution >= 4 is 0 Å². The van der Waals surface area contributed by atoms with Crippen LogP contribution in [0.1, 0.15) is 30.7 Å². The molecule has 2 rings (SSSR count). The van der Waals surface area contributed by atoms with Crippen molar-refractivity contribution in [3.63, 3.8) is 0 Å². The summed E-state index contributed by atoms with van der Waals surface area (Å²) in [6.45, 7) is 1.81. The highest BCUT2D eigenvalue weighted by atomic mass is 16.5. The second-order valence-corrected chi connectivity index (χ2v) is 4.70. The van der Waals surface area contributed by atoms with Gasteiger partial charge in [-0.05, 0) is 49.9 Å². The lowest BCUT2D eigenvalue weighted by Gasteiger charge is -2.37. The van der Waals surface area contributed by atoms with E-state index in [4.69, 9.17) is 10.5 Å². The molecule has 0 saturated heterocycles. The van der Waals surface area contributed by atoms with Crippen molar-refractivity contribution in [2.24, 2.45) is 5.73 Å². The summed E-state index contributed by atoms with van der Waals surface area (Å²) in [6.07, 6.45) is 3.49. The topological polar surface area (TPSA) is 47.3 Å². The third kappa shape index (κ3) is 2.99. The van der Waals surface area contributed by atoms with Gasteiger partial charge in [-0.25, -0.2) is 0 Å². The molecule has 94 valence electrons. The third-order valence-electron chi connectivity index (χ3n) is 3.53. The Morgan fingerprint density at radius 1 is 1.35 bits per heavy atom. The van der Waals surface area contributed by atoms with E-state index in [-0.39, 0.29) is 0 Å². The van der Waals surface area contributed by atoms with E-state index in [1.807, 2.05) is 12.1 Å². The summed E-state index contributed by atoms with van der Waals surface area (Å²) in [6, 6.07) is 9.01. The molecule has 0 radical (unpaired) electrons. The molecule has 1 aliphatic carbocycles. The Balaban J connectivity index is 1.82. The van der Waals surface area contributed by atoms with E-state index in [1.165, 1.54) is 18.4 Å². The van der Waals surface area contributed by atoms with Gasteiger partial charge in [-0.2, -0.15) is 0 Å². The molecule has 0 aromatic heterocycles. The van der Waals surface area contributed by atoms with Crippen molar-refractivity contribution in [2.45, 2.75) is 31.2 Å². The second-order valence-electron chi connectivity index (χ2n) is 4.70. The highest BCUT2D eigenvalue weighted by Crippen LogP contribution is 2.40. The lowest BCUT2D eigenvalue weighted by atomic mass is 9.75. The molecule has 3 N–H and O–H groups in total. The summed E-state index contributed by atoms with van der Waals surface area (Å²) < 4.78 is 5.40. The molecule has 0 amide bonds. The van der Waals surface area contributed by atoms with E-state index >= 15 is 0 Å². The number of ether oxygens (including phenoxy) is 1. The van der Waals surface area contributed by atoms with E-state index in [0.717, 1.165) is 25.3 Å². The van der Waals surface area contributed by atoms with E-state index < -0.39 is 0 Å². The van der Waals surface area contributed by atoms with E-state index in [9.17, 15) is 0 Å². The maximum absolute atomic E-state index is 5.47. The minimum atomic E-state index is 0.654. The standard InChI is InChI=1S/C14H22N2O/c1-17-14-6-3-2-5-13(14)11-9-12(10-11)16-8-4-7-15/h2-3,5-6,11-12,16H,4,7-10,15H2,1H3. The fraction of sp³-hybridized carbons (Fsp3) is 0.571. The highest BCUT2D eigenvalue weighted by Gasteiger charge is 2.31. The molecule has 3 heteroatoms. The smallest absolute Gasteiger partial charge is 0.122 e. The van der Waals surface area contributed by atoms with Crippen LogP contribution in [0.5, 0.6) is 5.75 Å². The van der Waals surface area contributed by atoms with Gasteiger partial charge in [0.2, 0.25) is 0 Å². The average Bonchev–Trinajstić information content (AvgIpc) is 2.32. The monoisotopic (exact) mass is 234 g/mol. The van der Waals surface area contributed by atoms with Gasteiger partial charge in [-0.15, -0.1) is 0 Å². The number of hydrogen-bond acceptors (Lipinski definition) is 3. The quantitative estimate of drug-likeness (QED) is 0.739. The molecule has 3 nitrogen and oxygen atoms in total. The molecule has 1 aromatic rings. The minimum absolute atomic E-state index is 0.654. The Morgan fingerprint density at radius 2 is 2.12 bits per heavy atom. The Hall–Kier alpha value is -1.06. The van der Waals surface area contributed by atoms with Gasteiger partial charge in [0.05, 0.1) is 7.11 Å². The van der Waals surface area contributed by atoms with Crippen LogP contribution in [-0.4, -0.2) is 26.2 Å². The molecule has 0 atom stereocenters. The van der Waals surface area contributed by atoms with Crippen LogP contribution in [0, 0.1) is 0 Å². The summed E-state index contributed by atoms with van der Waals surface area (Å²) in [5.41, 5.74) is 6.83. The maximum Gasteiger partial charge on any atom is 0.122 e. The van der Waals surface area contributed by atoms with E-state index in [0.29, 0.717) is 12.0 Å². The first-order chi connectivity index (χ1) is 8.35.